The highest BCUT2D eigenvalue weighted by Crippen LogP contribution is 2.42. The van der Waals surface area contributed by atoms with E-state index in [1.165, 1.54) is 10.9 Å². The van der Waals surface area contributed by atoms with Gasteiger partial charge in [-0.2, -0.15) is 0 Å². The quantitative estimate of drug-likeness (QED) is 0.136. The Morgan fingerprint density at radius 2 is 1.63 bits per heavy atom. The van der Waals surface area contributed by atoms with Crippen LogP contribution in [0, 0.1) is 0 Å². The van der Waals surface area contributed by atoms with Crippen molar-refractivity contribution in [2.75, 3.05) is 5.73 Å². The molecule has 0 saturated carbocycles. The molecule has 0 atom stereocenters. The number of benzene rings is 4. The van der Waals surface area contributed by atoms with Crippen molar-refractivity contribution in [2.45, 2.75) is 12.2 Å². The van der Waals surface area contributed by atoms with E-state index in [0.717, 1.165) is 56.1 Å². The van der Waals surface area contributed by atoms with Crippen molar-refractivity contribution in [1.29, 1.82) is 0 Å². The molecule has 0 unspecified atom stereocenters. The summed E-state index contributed by atoms with van der Waals surface area (Å²) in [5.41, 5.74) is 17.2. The molecule has 2 aliphatic rings. The summed E-state index contributed by atoms with van der Waals surface area (Å²) in [5.74, 6) is 0.934. The van der Waals surface area contributed by atoms with Gasteiger partial charge in [0.15, 0.2) is 0 Å². The van der Waals surface area contributed by atoms with Gasteiger partial charge in [-0.05, 0) is 34.6 Å². The molecule has 8 heteroatoms. The number of aliphatic imine (C=N–C) groups is 1. The van der Waals surface area contributed by atoms with Crippen LogP contribution in [0.4, 0.5) is 11.4 Å². The molecule has 7 nitrogen and oxygen atoms in total. The van der Waals surface area contributed by atoms with Crippen LogP contribution in [-0.4, -0.2) is 20.1 Å². The molecule has 0 radical (unpaired) electrons. The van der Waals surface area contributed by atoms with Crippen LogP contribution < -0.4 is 17.2 Å². The van der Waals surface area contributed by atoms with Gasteiger partial charge >= 0.3 is 5.69 Å². The van der Waals surface area contributed by atoms with E-state index in [9.17, 15) is 9.90 Å². The first kappa shape index (κ1) is 23.7. The number of aromatic amines is 2. The van der Waals surface area contributed by atoms with E-state index in [-0.39, 0.29) is 11.4 Å². The average molecular weight is 520 g/mol. The fourth-order valence-electron chi connectivity index (χ4n) is 4.71. The number of allylic oxidation sites excluding steroid dienone is 1. The van der Waals surface area contributed by atoms with E-state index < -0.39 is 0 Å². The van der Waals surface area contributed by atoms with Crippen molar-refractivity contribution in [3.05, 3.63) is 112 Å². The molecule has 38 heavy (non-hydrogen) atoms. The molecule has 1 aliphatic carbocycles. The number of aromatic hydroxyl groups is 1. The number of nitrogens with two attached hydrogens (primary N) is 2. The second-order valence-corrected chi connectivity index (χ2v) is 10.1. The topological polar surface area (TPSA) is 133 Å². The molecule has 4 aromatic carbocycles. The number of rotatable bonds is 1. The summed E-state index contributed by atoms with van der Waals surface area (Å²) < 4.78 is 0. The molecule has 1 aromatic heterocycles. The van der Waals surface area contributed by atoms with Gasteiger partial charge in [0.25, 0.3) is 0 Å². The van der Waals surface area contributed by atoms with Gasteiger partial charge in [0.1, 0.15) is 10.8 Å². The van der Waals surface area contributed by atoms with E-state index in [1.54, 1.807) is 17.8 Å². The van der Waals surface area contributed by atoms with Gasteiger partial charge < -0.3 is 26.5 Å². The maximum atomic E-state index is 10.9. The number of fused-ring (bicyclic) bond motifs is 5. The number of nitrogens with one attached hydrogen (secondary N) is 2. The lowest BCUT2D eigenvalue weighted by Crippen LogP contribution is -2.04. The predicted octanol–water partition coefficient (Wildman–Crippen LogP) is 6.03. The summed E-state index contributed by atoms with van der Waals surface area (Å²) in [5, 5.41) is 15.7. The first-order valence-corrected chi connectivity index (χ1v) is 13.1. The van der Waals surface area contributed by atoms with Crippen molar-refractivity contribution in [1.82, 2.24) is 9.97 Å². The Morgan fingerprint density at radius 1 is 0.895 bits per heavy atom. The lowest BCUT2D eigenvalue weighted by molar-refractivity contribution is 0.478. The summed E-state index contributed by atoms with van der Waals surface area (Å²) in [6.45, 7) is 0. The zero-order valence-corrected chi connectivity index (χ0v) is 21.2. The molecular formula is C30H25N5O2S. The minimum absolute atomic E-state index is 0.110. The smallest absolute Gasteiger partial charge is 0.323 e. The molecule has 7 rings (SSSR count). The Morgan fingerprint density at radius 3 is 2.47 bits per heavy atom. The van der Waals surface area contributed by atoms with Crippen molar-refractivity contribution in [2.24, 2.45) is 10.7 Å². The maximum Gasteiger partial charge on any atom is 0.323 e. The summed E-state index contributed by atoms with van der Waals surface area (Å²) in [4.78, 5) is 21.1. The average Bonchev–Trinajstić information content (AvgIpc) is 3.19. The van der Waals surface area contributed by atoms with Crippen molar-refractivity contribution in [3.63, 3.8) is 0 Å². The molecule has 0 fully saturated rings. The van der Waals surface area contributed by atoms with Crippen LogP contribution in [0.5, 0.6) is 5.75 Å². The molecule has 188 valence electrons. The highest BCUT2D eigenvalue weighted by molar-refractivity contribution is 8.13. The van der Waals surface area contributed by atoms with Crippen LogP contribution in [0.2, 0.25) is 0 Å². The number of hydrogen-bond acceptors (Lipinski definition) is 6. The van der Waals surface area contributed by atoms with Gasteiger partial charge in [-0.15, -0.1) is 11.8 Å². The fraction of sp³-hybridized carbons (Fsp3) is 0.0667. The van der Waals surface area contributed by atoms with Crippen molar-refractivity contribution in [3.8, 4) is 5.75 Å². The molecule has 7 N–H and O–H groups in total. The number of phenolic OH excluding ortho intramolecular Hbond substituents is 1. The number of aromatic nitrogens is 2. The SMILES string of the molecule is NC1=Cc2[nH]c(=O)[nH]c2C=CC1.Nc1c(O)c(C2=Nc3c(ccc4ccccc34)CS2)cc2ccccc12. The Kier molecular flexibility index (Phi) is 6.01. The van der Waals surface area contributed by atoms with Crippen LogP contribution in [0.15, 0.2) is 88.3 Å². The first-order valence-electron chi connectivity index (χ1n) is 12.2. The highest BCUT2D eigenvalue weighted by atomic mass is 32.2. The third kappa shape index (κ3) is 4.35. The predicted molar refractivity (Wildman–Crippen MR) is 159 cm³/mol. The number of nitrogen functional groups attached to an aromatic ring is 1. The largest absolute Gasteiger partial charge is 0.505 e. The fourth-order valence-corrected chi connectivity index (χ4v) is 5.70. The van der Waals surface area contributed by atoms with Crippen molar-refractivity contribution < 1.29 is 5.11 Å². The van der Waals surface area contributed by atoms with Gasteiger partial charge in [0, 0.05) is 28.6 Å². The molecule has 0 amide bonds. The third-order valence-corrected chi connectivity index (χ3v) is 7.65. The van der Waals surface area contributed by atoms with E-state index in [0.29, 0.717) is 11.3 Å². The van der Waals surface area contributed by atoms with Gasteiger partial charge in [-0.3, -0.25) is 0 Å². The van der Waals surface area contributed by atoms with Gasteiger partial charge in [-0.1, -0.05) is 66.7 Å². The van der Waals surface area contributed by atoms with E-state index in [2.05, 4.69) is 34.2 Å². The minimum atomic E-state index is -0.199. The second kappa shape index (κ2) is 9.64. The maximum absolute atomic E-state index is 10.9. The van der Waals surface area contributed by atoms with Crippen LogP contribution in [0.25, 0.3) is 33.7 Å². The summed E-state index contributed by atoms with van der Waals surface area (Å²) in [7, 11) is 0. The van der Waals surface area contributed by atoms with Crippen LogP contribution in [0.3, 0.4) is 0 Å². The number of thioether (sulfide) groups is 1. The van der Waals surface area contributed by atoms with E-state index in [1.807, 2.05) is 54.6 Å². The molecule has 1 aliphatic heterocycles. The van der Waals surface area contributed by atoms with Crippen LogP contribution in [-0.2, 0) is 5.75 Å². The number of hydrogen-bond donors (Lipinski definition) is 5. The number of phenols is 1. The first-order chi connectivity index (χ1) is 18.5. The van der Waals surface area contributed by atoms with Crippen molar-refractivity contribution >= 4 is 61.9 Å². The zero-order valence-electron chi connectivity index (χ0n) is 20.4. The number of anilines is 1. The molecule has 0 bridgehead atoms. The Hall–Kier alpha value is -4.69. The number of H-pyrrole nitrogens is 2. The van der Waals surface area contributed by atoms with E-state index >= 15 is 0 Å². The monoisotopic (exact) mass is 519 g/mol. The van der Waals surface area contributed by atoms with Gasteiger partial charge in [-0.25, -0.2) is 9.79 Å². The Balaban J connectivity index is 0.000000184. The number of imidazole rings is 1. The normalized spacial score (nSPS) is 14.1. The van der Waals surface area contributed by atoms with E-state index in [4.69, 9.17) is 16.5 Å². The van der Waals surface area contributed by atoms with Crippen LogP contribution >= 0.6 is 11.8 Å². The zero-order chi connectivity index (χ0) is 26.2. The number of nitrogens with zero attached hydrogens (tertiary/aromatic N) is 1. The second-order valence-electron chi connectivity index (χ2n) is 9.14. The summed E-state index contributed by atoms with van der Waals surface area (Å²) in [6.07, 6.45) is 6.27. The third-order valence-electron chi connectivity index (χ3n) is 6.61. The molecule has 5 aromatic rings. The van der Waals surface area contributed by atoms with Gasteiger partial charge in [0.05, 0.1) is 28.3 Å². The summed E-state index contributed by atoms with van der Waals surface area (Å²) in [6, 6.07) is 22.3. The molecule has 0 spiro atoms. The van der Waals surface area contributed by atoms with Crippen LogP contribution in [0.1, 0.15) is 28.9 Å². The molecule has 2 heterocycles. The summed E-state index contributed by atoms with van der Waals surface area (Å²) >= 11 is 1.63. The Bertz CT molecular complexity index is 1860. The standard InChI is InChI=1S/C22H16N2OS.C8H9N3O/c23-19-16-7-3-2-6-14(16)11-18(21(19)25)22-24-20-15(12-26-22)10-9-13-5-1-4-8-17(13)20;9-5-2-1-3-6-7(4-5)11-8(12)10-6/h1-11,25H,12,23H2;1,3-4H,2,9H2,(H2,10,11,12). The highest BCUT2D eigenvalue weighted by Gasteiger charge is 2.21. The molecule has 0 saturated heterocycles. The lowest BCUT2D eigenvalue weighted by Gasteiger charge is -2.19. The molecular weight excluding hydrogens is 494 g/mol. The van der Waals surface area contributed by atoms with Gasteiger partial charge in [0.2, 0.25) is 0 Å². The Labute approximate surface area is 222 Å². The minimum Gasteiger partial charge on any atom is -0.505 e. The lowest BCUT2D eigenvalue weighted by atomic mass is 10.0.